The Morgan fingerprint density at radius 3 is 2.89 bits per heavy atom. The summed E-state index contributed by atoms with van der Waals surface area (Å²) in [4.78, 5) is 18.8. The minimum Gasteiger partial charge on any atom is -0.364 e. The fourth-order valence-corrected chi connectivity index (χ4v) is 3.32. The lowest BCUT2D eigenvalue weighted by Crippen LogP contribution is -2.36. The van der Waals surface area contributed by atoms with Gasteiger partial charge >= 0.3 is 0 Å². The Balaban J connectivity index is 1.54. The van der Waals surface area contributed by atoms with Gasteiger partial charge in [-0.05, 0) is 12.8 Å². The number of nitrogens with one attached hydrogen (secondary N) is 1. The van der Waals surface area contributed by atoms with Gasteiger partial charge in [0, 0.05) is 56.1 Å². The van der Waals surface area contributed by atoms with Crippen molar-refractivity contribution in [2.24, 2.45) is 0 Å². The highest BCUT2D eigenvalue weighted by Gasteiger charge is 2.25. The van der Waals surface area contributed by atoms with E-state index in [1.165, 1.54) is 11.5 Å². The van der Waals surface area contributed by atoms with Gasteiger partial charge in [-0.1, -0.05) is 0 Å². The van der Waals surface area contributed by atoms with Crippen LogP contribution in [0.4, 0.5) is 5.82 Å². The summed E-state index contributed by atoms with van der Waals surface area (Å²) in [6.07, 6.45) is 5.76. The zero-order valence-electron chi connectivity index (χ0n) is 11.0. The van der Waals surface area contributed by atoms with E-state index in [-0.39, 0.29) is 5.56 Å². The van der Waals surface area contributed by atoms with Crippen LogP contribution in [0.15, 0.2) is 17.2 Å². The minimum atomic E-state index is 0.0270. The molecule has 2 heterocycles. The highest BCUT2D eigenvalue weighted by Crippen LogP contribution is 2.33. The van der Waals surface area contributed by atoms with Crippen LogP contribution in [0.1, 0.15) is 18.9 Å². The van der Waals surface area contributed by atoms with Crippen molar-refractivity contribution in [3.05, 3.63) is 22.7 Å². The molecule has 1 saturated carbocycles. The third-order valence-electron chi connectivity index (χ3n) is 3.63. The molecule has 2 aliphatic rings. The van der Waals surface area contributed by atoms with Gasteiger partial charge in [0.25, 0.3) is 5.56 Å². The van der Waals surface area contributed by atoms with Crippen molar-refractivity contribution >= 4 is 17.6 Å². The number of rotatable bonds is 5. The summed E-state index contributed by atoms with van der Waals surface area (Å²) in [5.41, 5.74) is 0.0270. The van der Waals surface area contributed by atoms with Crippen LogP contribution in [0.5, 0.6) is 0 Å². The van der Waals surface area contributed by atoms with Gasteiger partial charge in [0.2, 0.25) is 0 Å². The standard InChI is InChI=1S/C13H20N4OS/c18-13-12(15-4-6-17(13)11-1-2-11)14-3-5-16-7-9-19-10-8-16/h4,6,11H,1-3,5,7-10H2,(H,14,15). The maximum atomic E-state index is 12.2. The fraction of sp³-hybridized carbons (Fsp3) is 0.692. The predicted molar refractivity (Wildman–Crippen MR) is 79.0 cm³/mol. The van der Waals surface area contributed by atoms with Gasteiger partial charge in [-0.2, -0.15) is 11.8 Å². The van der Waals surface area contributed by atoms with E-state index in [1.807, 2.05) is 16.3 Å². The molecule has 1 N–H and O–H groups in total. The van der Waals surface area contributed by atoms with E-state index in [9.17, 15) is 4.79 Å². The third-order valence-corrected chi connectivity index (χ3v) is 4.57. The Morgan fingerprint density at radius 2 is 2.16 bits per heavy atom. The fourth-order valence-electron chi connectivity index (χ4n) is 2.34. The molecule has 5 nitrogen and oxygen atoms in total. The Kier molecular flexibility index (Phi) is 4.08. The second kappa shape index (κ2) is 5.96. The largest absolute Gasteiger partial charge is 0.364 e. The topological polar surface area (TPSA) is 50.2 Å². The van der Waals surface area contributed by atoms with Crippen LogP contribution >= 0.6 is 11.8 Å². The van der Waals surface area contributed by atoms with Crippen molar-refractivity contribution in [1.82, 2.24) is 14.5 Å². The first kappa shape index (κ1) is 13.0. The van der Waals surface area contributed by atoms with E-state index in [2.05, 4.69) is 15.2 Å². The number of thioether (sulfide) groups is 1. The molecule has 0 atom stereocenters. The lowest BCUT2D eigenvalue weighted by Gasteiger charge is -2.26. The third kappa shape index (κ3) is 3.30. The number of aromatic nitrogens is 2. The second-order valence-corrected chi connectivity index (χ2v) is 6.32. The van der Waals surface area contributed by atoms with Gasteiger partial charge in [-0.3, -0.25) is 9.69 Å². The van der Waals surface area contributed by atoms with E-state index in [1.54, 1.807) is 12.4 Å². The Morgan fingerprint density at radius 1 is 1.37 bits per heavy atom. The monoisotopic (exact) mass is 280 g/mol. The average molecular weight is 280 g/mol. The lowest BCUT2D eigenvalue weighted by molar-refractivity contribution is 0.314. The zero-order valence-corrected chi connectivity index (χ0v) is 11.9. The quantitative estimate of drug-likeness (QED) is 0.873. The van der Waals surface area contributed by atoms with Crippen molar-refractivity contribution in [3.8, 4) is 0 Å². The zero-order chi connectivity index (χ0) is 13.1. The van der Waals surface area contributed by atoms with Crippen molar-refractivity contribution in [2.75, 3.05) is 43.0 Å². The van der Waals surface area contributed by atoms with Gasteiger partial charge < -0.3 is 9.88 Å². The number of hydrogen-bond acceptors (Lipinski definition) is 5. The van der Waals surface area contributed by atoms with Crippen molar-refractivity contribution in [1.29, 1.82) is 0 Å². The van der Waals surface area contributed by atoms with Crippen molar-refractivity contribution in [3.63, 3.8) is 0 Å². The molecule has 6 heteroatoms. The molecule has 0 aromatic carbocycles. The summed E-state index contributed by atoms with van der Waals surface area (Å²) >= 11 is 2.02. The smallest absolute Gasteiger partial charge is 0.293 e. The van der Waals surface area contributed by atoms with E-state index < -0.39 is 0 Å². The lowest BCUT2D eigenvalue weighted by atomic mass is 10.4. The summed E-state index contributed by atoms with van der Waals surface area (Å²) in [5.74, 6) is 2.94. The summed E-state index contributed by atoms with van der Waals surface area (Å²) in [6, 6.07) is 0.412. The molecule has 3 rings (SSSR count). The van der Waals surface area contributed by atoms with Crippen LogP contribution < -0.4 is 10.9 Å². The normalized spacial score (nSPS) is 20.4. The molecule has 1 aromatic rings. The van der Waals surface area contributed by atoms with Crippen LogP contribution in [0.3, 0.4) is 0 Å². The summed E-state index contributed by atoms with van der Waals surface area (Å²) in [7, 11) is 0. The second-order valence-electron chi connectivity index (χ2n) is 5.10. The SMILES string of the molecule is O=c1c(NCCN2CCSCC2)nccn1C1CC1. The maximum Gasteiger partial charge on any atom is 0.293 e. The van der Waals surface area contributed by atoms with Crippen molar-refractivity contribution < 1.29 is 0 Å². The predicted octanol–water partition coefficient (Wildman–Crippen LogP) is 1.04. The van der Waals surface area contributed by atoms with Crippen LogP contribution in [-0.2, 0) is 0 Å². The maximum absolute atomic E-state index is 12.2. The first-order chi connectivity index (χ1) is 9.34. The molecule has 1 aliphatic heterocycles. The molecule has 0 unspecified atom stereocenters. The van der Waals surface area contributed by atoms with Gasteiger partial charge in [-0.15, -0.1) is 0 Å². The Bertz CT molecular complexity index is 480. The Hall–Kier alpha value is -1.01. The van der Waals surface area contributed by atoms with Gasteiger partial charge in [-0.25, -0.2) is 4.98 Å². The molecule has 19 heavy (non-hydrogen) atoms. The molecule has 0 radical (unpaired) electrons. The molecule has 1 aliphatic carbocycles. The molecule has 1 aromatic heterocycles. The molecule has 0 spiro atoms. The average Bonchev–Trinajstić information content (AvgIpc) is 3.26. The van der Waals surface area contributed by atoms with Crippen LogP contribution in [0, 0.1) is 0 Å². The molecular formula is C13H20N4OS. The van der Waals surface area contributed by atoms with Crippen LogP contribution in [0.2, 0.25) is 0 Å². The van der Waals surface area contributed by atoms with E-state index >= 15 is 0 Å². The number of anilines is 1. The van der Waals surface area contributed by atoms with Crippen LogP contribution in [0.25, 0.3) is 0 Å². The number of nitrogens with zero attached hydrogens (tertiary/aromatic N) is 3. The van der Waals surface area contributed by atoms with Gasteiger partial charge in [0.1, 0.15) is 0 Å². The summed E-state index contributed by atoms with van der Waals surface area (Å²) < 4.78 is 1.81. The summed E-state index contributed by atoms with van der Waals surface area (Å²) in [5, 5.41) is 3.19. The minimum absolute atomic E-state index is 0.0270. The van der Waals surface area contributed by atoms with E-state index in [0.29, 0.717) is 11.9 Å². The summed E-state index contributed by atoms with van der Waals surface area (Å²) in [6.45, 7) is 4.09. The first-order valence-electron chi connectivity index (χ1n) is 6.96. The Labute approximate surface area is 117 Å². The van der Waals surface area contributed by atoms with Gasteiger partial charge in [0.05, 0.1) is 0 Å². The van der Waals surface area contributed by atoms with Crippen molar-refractivity contribution in [2.45, 2.75) is 18.9 Å². The van der Waals surface area contributed by atoms with E-state index in [4.69, 9.17) is 0 Å². The molecule has 0 amide bonds. The molecular weight excluding hydrogens is 260 g/mol. The molecule has 2 fully saturated rings. The first-order valence-corrected chi connectivity index (χ1v) is 8.11. The molecule has 0 bridgehead atoms. The van der Waals surface area contributed by atoms with E-state index in [0.717, 1.165) is 39.0 Å². The van der Waals surface area contributed by atoms with Gasteiger partial charge in [0.15, 0.2) is 5.82 Å². The highest BCUT2D eigenvalue weighted by molar-refractivity contribution is 7.99. The molecule has 1 saturated heterocycles. The highest BCUT2D eigenvalue weighted by atomic mass is 32.2. The number of hydrogen-bond donors (Lipinski definition) is 1. The van der Waals surface area contributed by atoms with Crippen LogP contribution in [-0.4, -0.2) is 52.1 Å². The molecule has 104 valence electrons.